The zero-order chi connectivity index (χ0) is 11.4. The van der Waals surface area contributed by atoms with Crippen LogP contribution >= 0.6 is 11.8 Å². The molecule has 0 unspecified atom stereocenters. The van der Waals surface area contributed by atoms with E-state index in [1.54, 1.807) is 24.9 Å². The first-order valence-corrected chi connectivity index (χ1v) is 6.22. The quantitative estimate of drug-likeness (QED) is 0.875. The van der Waals surface area contributed by atoms with Crippen LogP contribution in [0.3, 0.4) is 0 Å². The third-order valence-electron chi connectivity index (χ3n) is 2.52. The first kappa shape index (κ1) is 11.5. The van der Waals surface area contributed by atoms with Crippen molar-refractivity contribution in [2.24, 2.45) is 0 Å². The van der Waals surface area contributed by atoms with E-state index < -0.39 is 0 Å². The van der Waals surface area contributed by atoms with Gasteiger partial charge in [0.05, 0.1) is 12.8 Å². The Hall–Kier alpha value is -0.940. The molecule has 4 nitrogen and oxygen atoms in total. The van der Waals surface area contributed by atoms with E-state index in [0.29, 0.717) is 11.1 Å². The molecule has 0 radical (unpaired) electrons. The Morgan fingerprint density at radius 2 is 2.19 bits per heavy atom. The fraction of sp³-hybridized carbons (Fsp3) is 0.545. The third kappa shape index (κ3) is 2.80. The summed E-state index contributed by atoms with van der Waals surface area (Å²) in [5, 5.41) is 1.42. The van der Waals surface area contributed by atoms with Crippen molar-refractivity contribution in [1.29, 1.82) is 0 Å². The summed E-state index contributed by atoms with van der Waals surface area (Å²) >= 11 is 1.72. The molecule has 0 aromatic carbocycles. The van der Waals surface area contributed by atoms with Crippen LogP contribution in [0.15, 0.2) is 17.2 Å². The predicted octanol–water partition coefficient (Wildman–Crippen LogP) is 1.94. The topological polar surface area (TPSA) is 57.4 Å². The van der Waals surface area contributed by atoms with Crippen LogP contribution in [0, 0.1) is 0 Å². The molecule has 16 heavy (non-hydrogen) atoms. The molecule has 2 rings (SSSR count). The standard InChI is InChI=1S/C11H16N2O2S/c1-14-10-3-2-9(12)11(13-10)16-8-4-6-15-7-5-8/h2-3,8H,4-7,12H2,1H3. The lowest BCUT2D eigenvalue weighted by Gasteiger charge is -2.21. The number of anilines is 1. The van der Waals surface area contributed by atoms with Gasteiger partial charge < -0.3 is 15.2 Å². The molecule has 5 heteroatoms. The van der Waals surface area contributed by atoms with Crippen LogP contribution in [0.4, 0.5) is 5.69 Å². The molecule has 1 saturated heterocycles. The van der Waals surface area contributed by atoms with Gasteiger partial charge in [-0.1, -0.05) is 0 Å². The maximum absolute atomic E-state index is 5.89. The second-order valence-electron chi connectivity index (χ2n) is 3.68. The molecule has 0 bridgehead atoms. The highest BCUT2D eigenvalue weighted by Crippen LogP contribution is 2.32. The summed E-state index contributed by atoms with van der Waals surface area (Å²) in [5.41, 5.74) is 6.61. The minimum absolute atomic E-state index is 0.552. The van der Waals surface area contributed by atoms with E-state index in [1.807, 2.05) is 6.07 Å². The van der Waals surface area contributed by atoms with E-state index in [1.165, 1.54) is 0 Å². The molecule has 2 N–H and O–H groups in total. The van der Waals surface area contributed by atoms with Crippen molar-refractivity contribution in [1.82, 2.24) is 4.98 Å². The largest absolute Gasteiger partial charge is 0.481 e. The molecule has 1 aliphatic rings. The van der Waals surface area contributed by atoms with Crippen molar-refractivity contribution in [2.75, 3.05) is 26.1 Å². The van der Waals surface area contributed by atoms with Crippen molar-refractivity contribution in [3.8, 4) is 5.88 Å². The number of pyridine rings is 1. The van der Waals surface area contributed by atoms with Crippen molar-refractivity contribution in [3.63, 3.8) is 0 Å². The minimum atomic E-state index is 0.552. The molecule has 0 spiro atoms. The van der Waals surface area contributed by atoms with E-state index in [4.69, 9.17) is 15.2 Å². The van der Waals surface area contributed by atoms with Gasteiger partial charge in [-0.2, -0.15) is 0 Å². The molecule has 0 atom stereocenters. The van der Waals surface area contributed by atoms with E-state index >= 15 is 0 Å². The van der Waals surface area contributed by atoms with Crippen LogP contribution in [0.1, 0.15) is 12.8 Å². The van der Waals surface area contributed by atoms with E-state index in [0.717, 1.165) is 36.8 Å². The number of rotatable bonds is 3. The number of methoxy groups -OCH3 is 1. The molecule has 0 saturated carbocycles. The molecule has 1 aromatic heterocycles. The summed E-state index contributed by atoms with van der Waals surface area (Å²) in [7, 11) is 1.61. The van der Waals surface area contributed by atoms with E-state index in [-0.39, 0.29) is 0 Å². The molecule has 0 amide bonds. The van der Waals surface area contributed by atoms with Gasteiger partial charge in [-0.25, -0.2) is 4.98 Å². The summed E-state index contributed by atoms with van der Waals surface area (Å²) in [6, 6.07) is 3.62. The van der Waals surface area contributed by atoms with Crippen molar-refractivity contribution in [2.45, 2.75) is 23.1 Å². The number of nitrogens with two attached hydrogens (primary N) is 1. The maximum Gasteiger partial charge on any atom is 0.214 e. The Kier molecular flexibility index (Phi) is 3.90. The highest BCUT2D eigenvalue weighted by atomic mass is 32.2. The van der Waals surface area contributed by atoms with Gasteiger partial charge in [-0.3, -0.25) is 0 Å². The average molecular weight is 240 g/mol. The Balaban J connectivity index is 2.06. The first-order valence-electron chi connectivity index (χ1n) is 5.34. The van der Waals surface area contributed by atoms with Crippen molar-refractivity contribution >= 4 is 17.4 Å². The molecule has 1 aromatic rings. The van der Waals surface area contributed by atoms with Gasteiger partial charge in [0.2, 0.25) is 5.88 Å². The van der Waals surface area contributed by atoms with Gasteiger partial charge in [-0.15, -0.1) is 11.8 Å². The van der Waals surface area contributed by atoms with Crippen molar-refractivity contribution < 1.29 is 9.47 Å². The lowest BCUT2D eigenvalue weighted by atomic mass is 10.2. The Morgan fingerprint density at radius 3 is 2.88 bits per heavy atom. The molecular formula is C11H16N2O2S. The lowest BCUT2D eigenvalue weighted by molar-refractivity contribution is 0.1000. The SMILES string of the molecule is COc1ccc(N)c(SC2CCOCC2)n1. The molecule has 2 heterocycles. The van der Waals surface area contributed by atoms with Gasteiger partial charge in [-0.05, 0) is 18.9 Å². The maximum atomic E-state index is 5.89. The fourth-order valence-corrected chi connectivity index (χ4v) is 2.68. The van der Waals surface area contributed by atoms with Crippen LogP contribution in [0.2, 0.25) is 0 Å². The predicted molar refractivity (Wildman–Crippen MR) is 64.9 cm³/mol. The number of nitrogens with zero attached hydrogens (tertiary/aromatic N) is 1. The molecule has 1 fully saturated rings. The fourth-order valence-electron chi connectivity index (χ4n) is 1.59. The number of ether oxygens (including phenoxy) is 2. The molecular weight excluding hydrogens is 224 g/mol. The highest BCUT2D eigenvalue weighted by Gasteiger charge is 2.17. The second kappa shape index (κ2) is 5.41. The van der Waals surface area contributed by atoms with E-state index in [9.17, 15) is 0 Å². The van der Waals surface area contributed by atoms with Gasteiger partial charge in [0, 0.05) is 24.5 Å². The summed E-state index contributed by atoms with van der Waals surface area (Å²) in [5.74, 6) is 0.615. The van der Waals surface area contributed by atoms with Gasteiger partial charge in [0.25, 0.3) is 0 Å². The Bertz CT molecular complexity index is 354. The number of aromatic nitrogens is 1. The summed E-state index contributed by atoms with van der Waals surface area (Å²) in [4.78, 5) is 4.36. The summed E-state index contributed by atoms with van der Waals surface area (Å²) in [6.45, 7) is 1.67. The zero-order valence-electron chi connectivity index (χ0n) is 9.31. The molecule has 88 valence electrons. The van der Waals surface area contributed by atoms with Crippen LogP contribution in [-0.2, 0) is 4.74 Å². The van der Waals surface area contributed by atoms with Crippen LogP contribution in [0.25, 0.3) is 0 Å². The highest BCUT2D eigenvalue weighted by molar-refractivity contribution is 8.00. The van der Waals surface area contributed by atoms with Gasteiger partial charge >= 0.3 is 0 Å². The average Bonchev–Trinajstić information content (AvgIpc) is 2.33. The summed E-state index contributed by atoms with van der Waals surface area (Å²) in [6.07, 6.45) is 2.12. The van der Waals surface area contributed by atoms with Crippen LogP contribution in [-0.4, -0.2) is 30.6 Å². The number of hydrogen-bond acceptors (Lipinski definition) is 5. The van der Waals surface area contributed by atoms with E-state index in [2.05, 4.69) is 4.98 Å². The van der Waals surface area contributed by atoms with Gasteiger partial charge in [0.15, 0.2) is 0 Å². The lowest BCUT2D eigenvalue weighted by Crippen LogP contribution is -2.17. The summed E-state index contributed by atoms with van der Waals surface area (Å²) < 4.78 is 10.4. The third-order valence-corrected chi connectivity index (χ3v) is 3.87. The van der Waals surface area contributed by atoms with Crippen molar-refractivity contribution in [3.05, 3.63) is 12.1 Å². The van der Waals surface area contributed by atoms with Gasteiger partial charge in [0.1, 0.15) is 5.03 Å². The van der Waals surface area contributed by atoms with Crippen LogP contribution in [0.5, 0.6) is 5.88 Å². The minimum Gasteiger partial charge on any atom is -0.481 e. The monoisotopic (exact) mass is 240 g/mol. The molecule has 0 aliphatic carbocycles. The smallest absolute Gasteiger partial charge is 0.214 e. The second-order valence-corrected chi connectivity index (χ2v) is 4.97. The first-order chi connectivity index (χ1) is 7.79. The number of hydrogen-bond donors (Lipinski definition) is 1. The molecule has 1 aliphatic heterocycles. The zero-order valence-corrected chi connectivity index (χ0v) is 10.1. The van der Waals surface area contributed by atoms with Crippen LogP contribution < -0.4 is 10.5 Å². The Labute approximate surface area is 99.5 Å². The number of thioether (sulfide) groups is 1. The normalized spacial score (nSPS) is 17.3. The number of nitrogen functional groups attached to an aromatic ring is 1. The Morgan fingerprint density at radius 1 is 1.44 bits per heavy atom.